The van der Waals surface area contributed by atoms with Crippen LogP contribution in [0.2, 0.25) is 0 Å². The average Bonchev–Trinajstić information content (AvgIpc) is 2.60. The van der Waals surface area contributed by atoms with Crippen molar-refractivity contribution >= 4 is 11.5 Å². The van der Waals surface area contributed by atoms with Crippen LogP contribution in [0.1, 0.15) is 38.2 Å². The number of carbonyl (C=O) groups is 1. The molecule has 2 rings (SSSR count). The first-order chi connectivity index (χ1) is 11.1. The molecule has 0 N–H and O–H groups in total. The molecule has 1 fully saturated rings. The zero-order chi connectivity index (χ0) is 16.7. The maximum atomic E-state index is 12.3. The Kier molecular flexibility index (Phi) is 6.66. The van der Waals surface area contributed by atoms with Gasteiger partial charge in [0.2, 0.25) is 5.91 Å². The molecule has 1 heterocycles. The van der Waals surface area contributed by atoms with E-state index in [4.69, 9.17) is 9.47 Å². The lowest BCUT2D eigenvalue weighted by atomic mass is 10.1. The summed E-state index contributed by atoms with van der Waals surface area (Å²) in [4.78, 5) is 14.1. The van der Waals surface area contributed by atoms with Crippen molar-refractivity contribution in [3.05, 3.63) is 35.9 Å². The van der Waals surface area contributed by atoms with Crippen molar-refractivity contribution in [2.45, 2.75) is 38.7 Å². The van der Waals surface area contributed by atoms with Crippen LogP contribution in [0, 0.1) is 0 Å². The molecular weight excluding hydrogens is 290 g/mol. The summed E-state index contributed by atoms with van der Waals surface area (Å²) in [5, 5.41) is 0. The molecule has 1 atom stereocenters. The molecule has 126 valence electrons. The second-order valence-corrected chi connectivity index (χ2v) is 6.09. The molecule has 1 saturated heterocycles. The third kappa shape index (κ3) is 5.39. The second-order valence-electron chi connectivity index (χ2n) is 6.09. The largest absolute Gasteiger partial charge is 0.497 e. The molecule has 1 aromatic carbocycles. The summed E-state index contributed by atoms with van der Waals surface area (Å²) >= 11 is 0. The number of hydrogen-bond donors (Lipinski definition) is 0. The molecule has 1 unspecified atom stereocenters. The Balaban J connectivity index is 1.87. The van der Waals surface area contributed by atoms with Gasteiger partial charge in [0.05, 0.1) is 13.2 Å². The van der Waals surface area contributed by atoms with Crippen molar-refractivity contribution in [3.63, 3.8) is 0 Å². The number of ether oxygens (including phenoxy) is 2. The molecule has 4 heteroatoms. The number of hydrogen-bond acceptors (Lipinski definition) is 3. The number of rotatable bonds is 6. The van der Waals surface area contributed by atoms with Crippen LogP contribution in [0.3, 0.4) is 0 Å². The van der Waals surface area contributed by atoms with Crippen molar-refractivity contribution in [1.82, 2.24) is 4.90 Å². The molecule has 23 heavy (non-hydrogen) atoms. The fraction of sp³-hybridized carbons (Fsp3) is 0.526. The van der Waals surface area contributed by atoms with Crippen LogP contribution in [0.25, 0.3) is 5.57 Å². The summed E-state index contributed by atoms with van der Waals surface area (Å²) in [6.45, 7) is 3.55. The van der Waals surface area contributed by atoms with Gasteiger partial charge in [-0.1, -0.05) is 12.1 Å². The Hall–Kier alpha value is -1.81. The molecule has 1 aliphatic heterocycles. The Morgan fingerprint density at radius 1 is 1.35 bits per heavy atom. The van der Waals surface area contributed by atoms with Crippen LogP contribution in [-0.4, -0.2) is 44.2 Å². The van der Waals surface area contributed by atoms with Gasteiger partial charge in [-0.05, 0) is 55.9 Å². The molecule has 1 amide bonds. The molecule has 0 bridgehead atoms. The molecule has 0 aliphatic carbocycles. The van der Waals surface area contributed by atoms with E-state index < -0.39 is 0 Å². The van der Waals surface area contributed by atoms with Gasteiger partial charge in [-0.15, -0.1) is 0 Å². The minimum Gasteiger partial charge on any atom is -0.497 e. The van der Waals surface area contributed by atoms with E-state index in [0.717, 1.165) is 49.3 Å². The van der Waals surface area contributed by atoms with E-state index in [9.17, 15) is 4.79 Å². The van der Waals surface area contributed by atoms with Crippen LogP contribution >= 0.6 is 0 Å². The monoisotopic (exact) mass is 317 g/mol. The van der Waals surface area contributed by atoms with Gasteiger partial charge in [-0.2, -0.15) is 0 Å². The highest BCUT2D eigenvalue weighted by molar-refractivity contribution is 5.94. The van der Waals surface area contributed by atoms with Crippen LogP contribution in [0.4, 0.5) is 0 Å². The van der Waals surface area contributed by atoms with Crippen LogP contribution in [-0.2, 0) is 9.53 Å². The Morgan fingerprint density at radius 2 is 2.09 bits per heavy atom. The lowest BCUT2D eigenvalue weighted by Crippen LogP contribution is -2.30. The third-order valence-electron chi connectivity index (χ3n) is 4.32. The fourth-order valence-corrected chi connectivity index (χ4v) is 2.72. The Morgan fingerprint density at radius 3 is 2.70 bits per heavy atom. The predicted molar refractivity (Wildman–Crippen MR) is 92.5 cm³/mol. The van der Waals surface area contributed by atoms with E-state index >= 15 is 0 Å². The number of likely N-dealkylation sites (N-methyl/N-ethyl adjacent to an activating group) is 1. The van der Waals surface area contributed by atoms with Gasteiger partial charge in [0, 0.05) is 26.3 Å². The summed E-state index contributed by atoms with van der Waals surface area (Å²) in [7, 11) is 3.50. The number of benzene rings is 1. The number of allylic oxidation sites excluding steroid dienone is 1. The standard InChI is InChI=1S/C19H27NO3/c1-15(16-7-9-17(22-3)10-8-16)14-19(21)20(2)12-11-18-6-4-5-13-23-18/h7-10,14,18H,4-6,11-13H2,1-3H3/b15-14+. The number of methoxy groups -OCH3 is 1. The Bertz CT molecular complexity index is 530. The maximum Gasteiger partial charge on any atom is 0.246 e. The van der Waals surface area contributed by atoms with Crippen molar-refractivity contribution in [2.24, 2.45) is 0 Å². The molecule has 4 nitrogen and oxygen atoms in total. The van der Waals surface area contributed by atoms with Crippen LogP contribution < -0.4 is 4.74 Å². The SMILES string of the molecule is COc1ccc(/C(C)=C/C(=O)N(C)CCC2CCCCO2)cc1. The van der Waals surface area contributed by atoms with E-state index in [-0.39, 0.29) is 5.91 Å². The van der Waals surface area contributed by atoms with Gasteiger partial charge in [-0.3, -0.25) is 4.79 Å². The summed E-state index contributed by atoms with van der Waals surface area (Å²) < 4.78 is 10.9. The number of carbonyl (C=O) groups excluding carboxylic acids is 1. The van der Waals surface area contributed by atoms with E-state index in [1.165, 1.54) is 6.42 Å². The first-order valence-electron chi connectivity index (χ1n) is 8.29. The van der Waals surface area contributed by atoms with E-state index in [2.05, 4.69) is 0 Å². The Labute approximate surface area is 139 Å². The summed E-state index contributed by atoms with van der Waals surface area (Å²) in [6, 6.07) is 7.74. The van der Waals surface area contributed by atoms with Crippen LogP contribution in [0.15, 0.2) is 30.3 Å². The highest BCUT2D eigenvalue weighted by Gasteiger charge is 2.15. The van der Waals surface area contributed by atoms with Crippen molar-refractivity contribution in [3.8, 4) is 5.75 Å². The van der Waals surface area contributed by atoms with Crippen molar-refractivity contribution < 1.29 is 14.3 Å². The van der Waals surface area contributed by atoms with E-state index in [0.29, 0.717) is 6.10 Å². The van der Waals surface area contributed by atoms with Crippen molar-refractivity contribution in [2.75, 3.05) is 27.3 Å². The first kappa shape index (κ1) is 17.5. The lowest BCUT2D eigenvalue weighted by Gasteiger charge is -2.25. The van der Waals surface area contributed by atoms with Gasteiger partial charge in [0.15, 0.2) is 0 Å². The molecular formula is C19H27NO3. The van der Waals surface area contributed by atoms with Gasteiger partial charge in [-0.25, -0.2) is 0 Å². The summed E-state index contributed by atoms with van der Waals surface area (Å²) in [6.07, 6.45) is 6.43. The highest BCUT2D eigenvalue weighted by atomic mass is 16.5. The number of amides is 1. The minimum absolute atomic E-state index is 0.0362. The number of nitrogens with zero attached hydrogens (tertiary/aromatic N) is 1. The maximum absolute atomic E-state index is 12.3. The zero-order valence-corrected chi connectivity index (χ0v) is 14.4. The molecule has 0 aromatic heterocycles. The summed E-state index contributed by atoms with van der Waals surface area (Å²) in [5.74, 6) is 0.853. The predicted octanol–water partition coefficient (Wildman–Crippen LogP) is 3.52. The van der Waals surface area contributed by atoms with Crippen LogP contribution in [0.5, 0.6) is 5.75 Å². The second kappa shape index (κ2) is 8.73. The smallest absolute Gasteiger partial charge is 0.246 e. The molecule has 0 radical (unpaired) electrons. The lowest BCUT2D eigenvalue weighted by molar-refractivity contribution is -0.125. The van der Waals surface area contributed by atoms with Gasteiger partial charge in [0.25, 0.3) is 0 Å². The molecule has 0 spiro atoms. The minimum atomic E-state index is 0.0362. The average molecular weight is 317 g/mol. The molecule has 1 aromatic rings. The zero-order valence-electron chi connectivity index (χ0n) is 14.4. The van der Waals surface area contributed by atoms with Gasteiger partial charge >= 0.3 is 0 Å². The van der Waals surface area contributed by atoms with Gasteiger partial charge in [0.1, 0.15) is 5.75 Å². The highest BCUT2D eigenvalue weighted by Crippen LogP contribution is 2.19. The molecule has 1 aliphatic rings. The third-order valence-corrected chi connectivity index (χ3v) is 4.32. The van der Waals surface area contributed by atoms with E-state index in [1.54, 1.807) is 18.1 Å². The van der Waals surface area contributed by atoms with Gasteiger partial charge < -0.3 is 14.4 Å². The quantitative estimate of drug-likeness (QED) is 0.754. The normalized spacial score (nSPS) is 18.6. The van der Waals surface area contributed by atoms with E-state index in [1.807, 2.05) is 38.2 Å². The summed E-state index contributed by atoms with van der Waals surface area (Å²) in [5.41, 5.74) is 1.99. The van der Waals surface area contributed by atoms with Crippen molar-refractivity contribution in [1.29, 1.82) is 0 Å². The topological polar surface area (TPSA) is 38.8 Å². The fourth-order valence-electron chi connectivity index (χ4n) is 2.72. The molecule has 0 saturated carbocycles. The first-order valence-corrected chi connectivity index (χ1v) is 8.29.